The molecular weight excluding hydrogens is 1490 g/mol. The zero-order chi connectivity index (χ0) is 84.9. The van der Waals surface area contributed by atoms with Crippen LogP contribution < -0.4 is 40.1 Å². The fourth-order valence-electron chi connectivity index (χ4n) is 17.7. The number of aromatic nitrogens is 2. The van der Waals surface area contributed by atoms with Crippen LogP contribution in [0.5, 0.6) is 28.7 Å². The lowest BCUT2D eigenvalue weighted by molar-refractivity contribution is -0.0802. The molecule has 6 aromatic rings. The third-order valence-corrected chi connectivity index (χ3v) is 25.1. The highest BCUT2D eigenvalue weighted by Gasteiger charge is 2.45. The Morgan fingerprint density at radius 2 is 0.840 bits per heavy atom. The largest absolute Gasteiger partial charge is 0.497 e. The van der Waals surface area contributed by atoms with E-state index in [1.165, 1.54) is 274 Å². The van der Waals surface area contributed by atoms with Gasteiger partial charge >= 0.3 is 11.7 Å². The maximum absolute atomic E-state index is 16.2. The summed E-state index contributed by atoms with van der Waals surface area (Å²) in [6.45, 7) is 18.7. The van der Waals surface area contributed by atoms with Gasteiger partial charge in [-0.05, 0) is 113 Å². The van der Waals surface area contributed by atoms with Gasteiger partial charge in [-0.3, -0.25) is 14.3 Å². The van der Waals surface area contributed by atoms with Crippen molar-refractivity contribution in [2.45, 2.75) is 412 Å². The lowest BCUT2D eigenvalue weighted by Crippen LogP contribution is -2.37. The van der Waals surface area contributed by atoms with E-state index in [9.17, 15) is 9.59 Å². The first kappa shape index (κ1) is 99.5. The minimum absolute atomic E-state index is 0.00490. The molecule has 13 nitrogen and oxygen atoms in total. The molecule has 14 heteroatoms. The lowest BCUT2D eigenvalue weighted by atomic mass is 9.78. The Bertz CT molecular complexity index is 3690. The summed E-state index contributed by atoms with van der Waals surface area (Å²) in [5, 5.41) is 0.845. The van der Waals surface area contributed by atoms with Crippen molar-refractivity contribution in [1.29, 1.82) is 0 Å². The van der Waals surface area contributed by atoms with E-state index >= 15 is 4.79 Å². The van der Waals surface area contributed by atoms with Crippen molar-refractivity contribution in [3.63, 3.8) is 0 Å². The van der Waals surface area contributed by atoms with Gasteiger partial charge in [-0.25, -0.2) is 9.59 Å². The van der Waals surface area contributed by atoms with Gasteiger partial charge < -0.3 is 37.9 Å². The summed E-state index contributed by atoms with van der Waals surface area (Å²) in [4.78, 5) is 45.9. The van der Waals surface area contributed by atoms with Gasteiger partial charge in [0, 0.05) is 24.1 Å². The topological polar surface area (TPSA) is 146 Å². The number of aryl methyl sites for hydroxylation is 1. The number of nitrogens with zero attached hydrogens (tertiary/aromatic N) is 1. The molecule has 2 heterocycles. The number of esters is 1. The molecular formula is C105H161N2O11Si. The minimum Gasteiger partial charge on any atom is -0.497 e. The first-order chi connectivity index (χ1) is 58.2. The van der Waals surface area contributed by atoms with Crippen LogP contribution in [0.25, 0.3) is 0 Å². The number of ether oxygens (including phenoxy) is 8. The molecule has 3 atom stereocenters. The predicted molar refractivity (Wildman–Crippen MR) is 496 cm³/mol. The third-order valence-electron chi connectivity index (χ3n) is 24.7. The number of carbonyl (C=O) groups excluding carboxylic acids is 1. The van der Waals surface area contributed by atoms with Crippen LogP contribution in [-0.4, -0.2) is 72.5 Å². The van der Waals surface area contributed by atoms with Crippen LogP contribution in [-0.2, 0) is 26.4 Å². The summed E-state index contributed by atoms with van der Waals surface area (Å²) in [5.74, 6) is 2.05. The maximum atomic E-state index is 16.2. The zero-order valence-corrected chi connectivity index (χ0v) is 77.3. The summed E-state index contributed by atoms with van der Waals surface area (Å²) in [6.07, 6.45) is 62.4. The average Bonchev–Trinajstić information content (AvgIpc) is 1.61. The molecule has 7 rings (SSSR count). The molecule has 0 aliphatic carbocycles. The number of aromatic amines is 1. The molecule has 1 fully saturated rings. The summed E-state index contributed by atoms with van der Waals surface area (Å²) >= 11 is 0. The van der Waals surface area contributed by atoms with E-state index in [1.54, 1.807) is 27.3 Å². The van der Waals surface area contributed by atoms with E-state index in [4.69, 9.17) is 37.9 Å². The van der Waals surface area contributed by atoms with Crippen LogP contribution >= 0.6 is 0 Å². The average molecular weight is 1660 g/mol. The van der Waals surface area contributed by atoms with E-state index in [2.05, 4.69) is 81.9 Å². The Hall–Kier alpha value is -6.61. The molecule has 0 amide bonds. The molecule has 1 aliphatic heterocycles. The quantitative estimate of drug-likeness (QED) is 0.0168. The molecule has 1 aliphatic rings. The molecule has 661 valence electrons. The molecule has 3 radical (unpaired) electrons. The van der Waals surface area contributed by atoms with Gasteiger partial charge in [-0.2, -0.15) is 0 Å². The second kappa shape index (κ2) is 59.2. The maximum Gasteiger partial charge on any atom is 0.339 e. The molecule has 119 heavy (non-hydrogen) atoms. The fourth-order valence-corrected chi connectivity index (χ4v) is 18.3. The van der Waals surface area contributed by atoms with Crippen LogP contribution in [0.3, 0.4) is 0 Å². The number of H-pyrrole nitrogens is 1. The van der Waals surface area contributed by atoms with Gasteiger partial charge in [-0.1, -0.05) is 403 Å². The highest BCUT2D eigenvalue weighted by atomic mass is 28.1. The predicted octanol–water partition coefficient (Wildman–Crippen LogP) is 28.3. The Morgan fingerprint density at radius 1 is 0.479 bits per heavy atom. The highest BCUT2D eigenvalue weighted by Crippen LogP contribution is 2.48. The molecule has 1 aromatic heterocycles. The summed E-state index contributed by atoms with van der Waals surface area (Å²) < 4.78 is 55.5. The van der Waals surface area contributed by atoms with E-state index in [0.29, 0.717) is 65.3 Å². The monoisotopic (exact) mass is 1650 g/mol. The van der Waals surface area contributed by atoms with Crippen LogP contribution in [0.2, 0.25) is 0 Å². The van der Waals surface area contributed by atoms with E-state index < -0.39 is 41.1 Å². The van der Waals surface area contributed by atoms with Crippen molar-refractivity contribution >= 4 is 21.4 Å². The number of benzene rings is 5. The number of unbranched alkanes of at least 4 members (excludes halogenated alkanes) is 45. The van der Waals surface area contributed by atoms with E-state index in [0.717, 1.165) is 77.1 Å². The Morgan fingerprint density at radius 3 is 1.21 bits per heavy atom. The van der Waals surface area contributed by atoms with Crippen molar-refractivity contribution in [3.8, 4) is 28.7 Å². The SMILES string of the molecule is CCCCCCCCCCCCCCCCCCOc1cc(COC(=O)c2c([C@@H]3C[C@H](n4cc(C)c(=O)[nH]c4=O)O[C@@H]3COC(c3ccccc3)(c3ccc(OC)cc3)c3ccc(OC)cc3)cc([Si])c(C(C)C)c2C(C)C)cc(OCCCCCCCCCCCCCCCCCC)c1OCCCCCCCCCCCCCCCCCC. The fraction of sp³-hybridized carbons (Fsp3) is 0.667. The number of hydrogen-bond acceptors (Lipinski definition) is 11. The standard InChI is InChI=1S/C105H161N2O11Si/c1-11-14-17-20-23-26-29-32-35-38-41-44-47-50-53-59-72-113-93-75-85(76-94(114-73-60-54-51-48-45-42-39-36-33-30-27-24-21-18-15-12-2)101(93)115-74-61-55-52-49-46-43-40-37-34-31-28-25-22-19-16-13-3)80-116-103(109)100-92(77-96(119)98(82(4)5)99(100)83(6)7)91-78-97(107-79-84(8)102(108)106-104(107)110)118-95(91)81-117-105(86-62-57-56-58-63-86,87-64-68-89(111-9)69-65-87)88-66-70-90(112-10)71-67-88/h56-58,62-71,75-77,79,82-83,91,95,97H,11-55,59-61,72-74,78,80-81H2,1-10H3,(H,106,108,110)/t91-,95+,97+/m0/s1. The molecule has 0 bridgehead atoms. The number of methoxy groups -OCH3 is 2. The van der Waals surface area contributed by atoms with Gasteiger partial charge in [0.25, 0.3) is 5.56 Å². The van der Waals surface area contributed by atoms with Gasteiger partial charge in [0.15, 0.2) is 11.5 Å². The van der Waals surface area contributed by atoms with Crippen molar-refractivity contribution in [1.82, 2.24) is 9.55 Å². The first-order valence-corrected chi connectivity index (χ1v) is 48.8. The van der Waals surface area contributed by atoms with Crippen LogP contribution in [0.15, 0.2) is 113 Å². The Balaban J connectivity index is 1.17. The van der Waals surface area contributed by atoms with E-state index in [-0.39, 0.29) is 31.5 Å². The summed E-state index contributed by atoms with van der Waals surface area (Å²) in [7, 11) is 7.47. The molecule has 1 saturated heterocycles. The second-order valence-corrected chi connectivity index (χ2v) is 35.8. The summed E-state index contributed by atoms with van der Waals surface area (Å²) in [5.41, 5.74) is 4.34. The van der Waals surface area contributed by atoms with Crippen LogP contribution in [0, 0.1) is 6.92 Å². The van der Waals surface area contributed by atoms with Crippen molar-refractivity contribution < 1.29 is 42.7 Å². The van der Waals surface area contributed by atoms with Gasteiger partial charge in [0.05, 0.1) is 62.6 Å². The highest BCUT2D eigenvalue weighted by molar-refractivity contribution is 6.34. The number of hydrogen-bond donors (Lipinski definition) is 1. The number of carbonyl (C=O) groups is 1. The second-order valence-electron chi connectivity index (χ2n) is 35.2. The smallest absolute Gasteiger partial charge is 0.339 e. The normalized spacial score (nSPS) is 14.2. The zero-order valence-electron chi connectivity index (χ0n) is 76.3. The van der Waals surface area contributed by atoms with Gasteiger partial charge in [-0.15, -0.1) is 0 Å². The number of nitrogens with one attached hydrogen (secondary N) is 1. The Labute approximate surface area is 725 Å². The lowest BCUT2D eigenvalue weighted by Gasteiger charge is -2.37. The molecule has 0 saturated carbocycles. The summed E-state index contributed by atoms with van der Waals surface area (Å²) in [6, 6.07) is 32.1. The molecule has 5 aromatic carbocycles. The first-order valence-electron chi connectivity index (χ1n) is 48.3. The molecule has 1 N–H and O–H groups in total. The third kappa shape index (κ3) is 34.9. The van der Waals surface area contributed by atoms with Gasteiger partial charge in [0.2, 0.25) is 5.75 Å². The van der Waals surface area contributed by atoms with Crippen LogP contribution in [0.1, 0.15) is 442 Å². The van der Waals surface area contributed by atoms with Crippen molar-refractivity contribution in [2.75, 3.05) is 40.6 Å². The van der Waals surface area contributed by atoms with Crippen molar-refractivity contribution in [3.05, 3.63) is 174 Å². The molecule has 0 spiro atoms. The van der Waals surface area contributed by atoms with Crippen molar-refractivity contribution in [2.24, 2.45) is 0 Å². The minimum atomic E-state index is -1.24. The van der Waals surface area contributed by atoms with E-state index in [1.807, 2.05) is 78.9 Å². The Kier molecular flexibility index (Phi) is 49.5. The molecule has 0 unspecified atom stereocenters. The van der Waals surface area contributed by atoms with Gasteiger partial charge in [0.1, 0.15) is 29.9 Å². The van der Waals surface area contributed by atoms with Crippen LogP contribution in [0.4, 0.5) is 0 Å². The number of rotatable bonds is 69.